The van der Waals surface area contributed by atoms with Crippen LogP contribution in [0.2, 0.25) is 0 Å². The van der Waals surface area contributed by atoms with Crippen LogP contribution in [0, 0.1) is 0 Å². The predicted octanol–water partition coefficient (Wildman–Crippen LogP) is 0.507. The van der Waals surface area contributed by atoms with Crippen LogP contribution in [0.25, 0.3) is 0 Å². The number of halogens is 1. The second-order valence-electron chi connectivity index (χ2n) is 6.57. The molecule has 3 heterocycles. The van der Waals surface area contributed by atoms with Crippen molar-refractivity contribution in [1.82, 2.24) is 19.2 Å². The number of aryl methyl sites for hydroxylation is 2. The fraction of sp³-hybridized carbons (Fsp3) is 0.438. The molecule has 27 heavy (non-hydrogen) atoms. The number of fused-ring (bicyclic) bond motifs is 1. The van der Waals surface area contributed by atoms with Crippen molar-refractivity contribution >= 4 is 32.3 Å². The molecule has 2 aromatic rings. The Kier molecular flexibility index (Phi) is 5.39. The minimum Gasteiger partial charge on any atom is -0.337 e. The lowest BCUT2D eigenvalue weighted by molar-refractivity contribution is 0.258. The van der Waals surface area contributed by atoms with E-state index < -0.39 is 25.9 Å². The Morgan fingerprint density at radius 2 is 2.07 bits per heavy atom. The summed E-state index contributed by atoms with van der Waals surface area (Å²) >= 11 is 0. The van der Waals surface area contributed by atoms with Crippen LogP contribution in [0.5, 0.6) is 0 Å². The molecule has 148 valence electrons. The number of sulfone groups is 1. The van der Waals surface area contributed by atoms with Crippen molar-refractivity contribution in [3.8, 4) is 0 Å². The summed E-state index contributed by atoms with van der Waals surface area (Å²) in [4.78, 5) is 4.46. The van der Waals surface area contributed by atoms with Crippen LogP contribution in [0.4, 0.5) is 0 Å². The maximum Gasteiger partial charge on any atom is 0.243 e. The van der Waals surface area contributed by atoms with Crippen molar-refractivity contribution in [2.24, 2.45) is 7.05 Å². The van der Waals surface area contributed by atoms with E-state index >= 15 is 0 Å². The standard InChI is InChI=1S/C16H20N4O4S2.ClH/c1-19-7-6-18-16(19)14-11-17-5-8-20(14)26(23,24)13-3-2-12-4-9-25(21,22)15(12)10-13;/h2-3,6-7,10,14,17H,4-5,8-9,11H2,1H3;1H. The summed E-state index contributed by atoms with van der Waals surface area (Å²) in [7, 11) is -5.42. The molecule has 1 atom stereocenters. The summed E-state index contributed by atoms with van der Waals surface area (Å²) < 4.78 is 54.1. The average Bonchev–Trinajstić information content (AvgIpc) is 3.18. The molecule has 11 heteroatoms. The van der Waals surface area contributed by atoms with Gasteiger partial charge in [0.05, 0.1) is 21.6 Å². The third-order valence-electron chi connectivity index (χ3n) is 4.97. The van der Waals surface area contributed by atoms with Gasteiger partial charge in [-0.3, -0.25) is 0 Å². The highest BCUT2D eigenvalue weighted by atomic mass is 35.5. The van der Waals surface area contributed by atoms with Crippen molar-refractivity contribution in [1.29, 1.82) is 0 Å². The van der Waals surface area contributed by atoms with Gasteiger partial charge in [-0.05, 0) is 24.1 Å². The number of hydrogen-bond donors (Lipinski definition) is 1. The lowest BCUT2D eigenvalue weighted by Gasteiger charge is -2.34. The van der Waals surface area contributed by atoms with E-state index in [0.29, 0.717) is 37.4 Å². The number of nitrogens with one attached hydrogen (secondary N) is 1. The van der Waals surface area contributed by atoms with E-state index in [9.17, 15) is 16.8 Å². The first-order valence-corrected chi connectivity index (χ1v) is 11.5. The summed E-state index contributed by atoms with van der Waals surface area (Å²) in [6.45, 7) is 1.28. The van der Waals surface area contributed by atoms with Crippen molar-refractivity contribution in [3.05, 3.63) is 42.0 Å². The number of benzene rings is 1. The average molecular weight is 433 g/mol. The van der Waals surface area contributed by atoms with E-state index in [2.05, 4.69) is 10.3 Å². The Morgan fingerprint density at radius 1 is 1.30 bits per heavy atom. The van der Waals surface area contributed by atoms with Crippen molar-refractivity contribution in [2.45, 2.75) is 22.3 Å². The first-order valence-electron chi connectivity index (χ1n) is 8.36. The van der Waals surface area contributed by atoms with Gasteiger partial charge in [-0.25, -0.2) is 21.8 Å². The Hall–Kier alpha value is -1.46. The van der Waals surface area contributed by atoms with E-state index in [4.69, 9.17) is 0 Å². The first kappa shape index (κ1) is 20.3. The highest BCUT2D eigenvalue weighted by molar-refractivity contribution is 7.92. The number of rotatable bonds is 3. The molecule has 1 fully saturated rings. The molecule has 0 amide bonds. The molecule has 8 nitrogen and oxygen atoms in total. The van der Waals surface area contributed by atoms with Gasteiger partial charge in [0.1, 0.15) is 5.82 Å². The third kappa shape index (κ3) is 3.40. The quantitative estimate of drug-likeness (QED) is 0.758. The molecule has 0 saturated carbocycles. The van der Waals surface area contributed by atoms with Crippen LogP contribution in [0.3, 0.4) is 0 Å². The lowest BCUT2D eigenvalue weighted by Crippen LogP contribution is -2.49. The topological polar surface area (TPSA) is 101 Å². The van der Waals surface area contributed by atoms with Gasteiger partial charge in [0.15, 0.2) is 9.84 Å². The SMILES string of the molecule is Cl.Cn1ccnc1C1CNCCN1S(=O)(=O)c1ccc2c(c1)S(=O)(=O)CC2. The monoisotopic (exact) mass is 432 g/mol. The molecule has 0 bridgehead atoms. The van der Waals surface area contributed by atoms with Crippen molar-refractivity contribution in [3.63, 3.8) is 0 Å². The molecule has 1 aromatic heterocycles. The normalized spacial score (nSPS) is 22.2. The fourth-order valence-electron chi connectivity index (χ4n) is 3.57. The lowest BCUT2D eigenvalue weighted by atomic mass is 10.2. The Labute approximate surface area is 165 Å². The molecule has 1 unspecified atom stereocenters. The second kappa shape index (κ2) is 7.17. The molecule has 2 aliphatic rings. The van der Waals surface area contributed by atoms with E-state index in [1.807, 2.05) is 7.05 Å². The number of imidazole rings is 1. The predicted molar refractivity (Wildman–Crippen MR) is 102 cm³/mol. The molecule has 2 aliphatic heterocycles. The first-order chi connectivity index (χ1) is 12.3. The van der Waals surface area contributed by atoms with Gasteiger partial charge < -0.3 is 9.88 Å². The van der Waals surface area contributed by atoms with Gasteiger partial charge >= 0.3 is 0 Å². The largest absolute Gasteiger partial charge is 0.337 e. The van der Waals surface area contributed by atoms with Gasteiger partial charge in [0.2, 0.25) is 10.0 Å². The summed E-state index contributed by atoms with van der Waals surface area (Å²) in [6, 6.07) is 3.99. The molecule has 0 radical (unpaired) electrons. The molecule has 1 N–H and O–H groups in total. The van der Waals surface area contributed by atoms with Gasteiger partial charge in [-0.1, -0.05) is 6.07 Å². The van der Waals surface area contributed by atoms with E-state index in [0.717, 1.165) is 0 Å². The van der Waals surface area contributed by atoms with Crippen LogP contribution in [0.1, 0.15) is 17.4 Å². The fourth-order valence-corrected chi connectivity index (χ4v) is 6.85. The van der Waals surface area contributed by atoms with Crippen LogP contribution in [0.15, 0.2) is 40.4 Å². The van der Waals surface area contributed by atoms with Gasteiger partial charge in [0.25, 0.3) is 0 Å². The van der Waals surface area contributed by atoms with Gasteiger partial charge in [-0.2, -0.15) is 4.31 Å². The van der Waals surface area contributed by atoms with Gasteiger partial charge in [-0.15, -0.1) is 12.4 Å². The van der Waals surface area contributed by atoms with E-state index in [-0.39, 0.29) is 28.0 Å². The minimum atomic E-state index is -3.85. The van der Waals surface area contributed by atoms with Crippen LogP contribution < -0.4 is 5.32 Å². The van der Waals surface area contributed by atoms with Crippen molar-refractivity contribution in [2.75, 3.05) is 25.4 Å². The summed E-state index contributed by atoms with van der Waals surface area (Å²) in [5, 5.41) is 3.20. The summed E-state index contributed by atoms with van der Waals surface area (Å²) in [6.07, 6.45) is 3.84. The number of aromatic nitrogens is 2. The molecule has 4 rings (SSSR count). The number of nitrogens with zero attached hydrogens (tertiary/aromatic N) is 3. The molecule has 1 aromatic carbocycles. The van der Waals surface area contributed by atoms with Crippen LogP contribution in [-0.2, 0) is 33.3 Å². The Bertz CT molecular complexity index is 1070. The minimum absolute atomic E-state index is 0. The Balaban J connectivity index is 0.00000210. The van der Waals surface area contributed by atoms with Gasteiger partial charge in [0, 0.05) is 39.1 Å². The number of piperazine rings is 1. The van der Waals surface area contributed by atoms with Crippen molar-refractivity contribution < 1.29 is 16.8 Å². The van der Waals surface area contributed by atoms with Crippen LogP contribution in [-0.4, -0.2) is 56.1 Å². The molecule has 0 spiro atoms. The van der Waals surface area contributed by atoms with E-state index in [1.54, 1.807) is 23.0 Å². The Morgan fingerprint density at radius 3 is 2.78 bits per heavy atom. The zero-order chi connectivity index (χ0) is 18.5. The molecular weight excluding hydrogens is 412 g/mol. The van der Waals surface area contributed by atoms with E-state index in [1.165, 1.54) is 16.4 Å². The third-order valence-corrected chi connectivity index (χ3v) is 8.67. The molecular formula is C16H21ClN4O4S2. The second-order valence-corrected chi connectivity index (χ2v) is 10.5. The molecule has 1 saturated heterocycles. The summed E-state index contributed by atoms with van der Waals surface area (Å²) in [5.41, 5.74) is 0.685. The highest BCUT2D eigenvalue weighted by Gasteiger charge is 2.37. The number of sulfonamides is 1. The maximum atomic E-state index is 13.3. The maximum absolute atomic E-state index is 13.3. The van der Waals surface area contributed by atoms with Crippen LogP contribution >= 0.6 is 12.4 Å². The molecule has 0 aliphatic carbocycles. The zero-order valence-corrected chi connectivity index (χ0v) is 17.1. The number of hydrogen-bond acceptors (Lipinski definition) is 6. The smallest absolute Gasteiger partial charge is 0.243 e. The summed E-state index contributed by atoms with van der Waals surface area (Å²) in [5.74, 6) is 0.685. The highest BCUT2D eigenvalue weighted by Crippen LogP contribution is 2.32. The zero-order valence-electron chi connectivity index (χ0n) is 14.7.